The minimum absolute atomic E-state index is 0.0607. The van der Waals surface area contributed by atoms with E-state index >= 15 is 4.39 Å². The van der Waals surface area contributed by atoms with Crippen LogP contribution >= 0.6 is 0 Å². The molecule has 11 heteroatoms. The van der Waals surface area contributed by atoms with Gasteiger partial charge in [-0.25, -0.2) is 8.78 Å². The van der Waals surface area contributed by atoms with Gasteiger partial charge in [0.15, 0.2) is 0 Å². The lowest BCUT2D eigenvalue weighted by Crippen LogP contribution is -2.39. The lowest BCUT2D eigenvalue weighted by atomic mass is 9.80. The van der Waals surface area contributed by atoms with Crippen molar-refractivity contribution in [3.63, 3.8) is 0 Å². The molecule has 9 nitrogen and oxygen atoms in total. The van der Waals surface area contributed by atoms with E-state index in [2.05, 4.69) is 15.5 Å². The molecule has 2 amide bonds. The zero-order chi connectivity index (χ0) is 32.6. The Bertz CT molecular complexity index is 1650. The number of primary amides is 1. The molecule has 246 valence electrons. The molecule has 2 aliphatic heterocycles. The number of nitrogens with two attached hydrogens (primary N) is 1. The molecule has 1 saturated carbocycles. The second-order valence-electron chi connectivity index (χ2n) is 13.8. The largest absolute Gasteiger partial charge is 0.382 e. The fourth-order valence-electron chi connectivity index (χ4n) is 7.41. The molecule has 46 heavy (non-hydrogen) atoms. The van der Waals surface area contributed by atoms with Gasteiger partial charge in [0.25, 0.3) is 5.91 Å². The molecular formula is C35H43F2N5O4. The van der Waals surface area contributed by atoms with Crippen LogP contribution in [-0.2, 0) is 16.0 Å². The van der Waals surface area contributed by atoms with E-state index in [9.17, 15) is 18.8 Å². The molecule has 0 radical (unpaired) electrons. The van der Waals surface area contributed by atoms with Gasteiger partial charge in [-0.15, -0.1) is 0 Å². The van der Waals surface area contributed by atoms with E-state index in [4.69, 9.17) is 10.5 Å². The number of benzene rings is 2. The first-order chi connectivity index (χ1) is 22.0. The zero-order valence-corrected chi connectivity index (χ0v) is 26.6. The van der Waals surface area contributed by atoms with E-state index in [-0.39, 0.29) is 40.4 Å². The zero-order valence-electron chi connectivity index (χ0n) is 26.6. The van der Waals surface area contributed by atoms with Gasteiger partial charge in [0.05, 0.1) is 30.0 Å². The SMILES string of the molecule is CC1(C)CC(=O)n2c(c(-c3cc(F)c(C(N)=O)c(NC4CCC(C(=O)NCCCN5CCOCC5)CC4)c3)c3ccc(F)cc32)C1. The third-order valence-electron chi connectivity index (χ3n) is 9.69. The fourth-order valence-corrected chi connectivity index (χ4v) is 7.41. The van der Waals surface area contributed by atoms with Gasteiger partial charge in [-0.05, 0) is 86.4 Å². The van der Waals surface area contributed by atoms with E-state index < -0.39 is 17.5 Å². The van der Waals surface area contributed by atoms with Crippen LogP contribution in [0.5, 0.6) is 0 Å². The Kier molecular flexibility index (Phi) is 9.16. The van der Waals surface area contributed by atoms with Crippen molar-refractivity contribution in [1.29, 1.82) is 0 Å². The lowest BCUT2D eigenvalue weighted by molar-refractivity contribution is -0.126. The molecule has 1 aliphatic carbocycles. The van der Waals surface area contributed by atoms with E-state index in [0.717, 1.165) is 39.3 Å². The van der Waals surface area contributed by atoms with Crippen LogP contribution in [0.2, 0.25) is 0 Å². The lowest BCUT2D eigenvalue weighted by Gasteiger charge is -2.31. The van der Waals surface area contributed by atoms with Crippen molar-refractivity contribution in [3.8, 4) is 11.1 Å². The molecule has 1 saturated heterocycles. The standard InChI is InChI=1S/C35H43F2N5O4/c1-35(2)19-29-31(25-9-6-23(36)18-28(25)42(29)30(43)20-35)22-16-26(37)32(33(38)44)27(17-22)40-24-7-4-21(5-8-24)34(45)39-10-3-11-41-12-14-46-15-13-41/h6,9,16-18,21,24,40H,3-5,7-8,10-15,19-20H2,1-2H3,(H2,38,44)(H,39,45). The molecule has 3 heterocycles. The molecule has 4 N–H and O–H groups in total. The van der Waals surface area contributed by atoms with Crippen molar-refractivity contribution in [3.05, 3.63) is 53.2 Å². The van der Waals surface area contributed by atoms with Crippen LogP contribution in [0.1, 0.15) is 73.2 Å². The number of hydrogen-bond donors (Lipinski definition) is 3. The molecule has 6 rings (SSSR count). The maximum atomic E-state index is 15.7. The summed E-state index contributed by atoms with van der Waals surface area (Å²) in [5, 5.41) is 7.08. The van der Waals surface area contributed by atoms with Gasteiger partial charge in [0, 0.05) is 54.7 Å². The molecule has 1 aromatic heterocycles. The number of morpholine rings is 1. The quantitative estimate of drug-likeness (QED) is 0.282. The van der Waals surface area contributed by atoms with Gasteiger partial charge >= 0.3 is 0 Å². The molecule has 0 atom stereocenters. The Morgan fingerprint density at radius 1 is 1.04 bits per heavy atom. The highest BCUT2D eigenvalue weighted by Crippen LogP contribution is 2.44. The molecule has 3 aromatic rings. The number of halogens is 2. The number of ether oxygens (including phenoxy) is 1. The van der Waals surface area contributed by atoms with E-state index in [0.29, 0.717) is 72.8 Å². The monoisotopic (exact) mass is 635 g/mol. The highest BCUT2D eigenvalue weighted by atomic mass is 19.1. The van der Waals surface area contributed by atoms with Gasteiger partial charge in [-0.2, -0.15) is 0 Å². The summed E-state index contributed by atoms with van der Waals surface area (Å²) in [5.74, 6) is -2.30. The third-order valence-corrected chi connectivity index (χ3v) is 9.69. The molecule has 3 aliphatic rings. The number of aromatic nitrogens is 1. The molecule has 0 unspecified atom stereocenters. The molecule has 2 aromatic carbocycles. The smallest absolute Gasteiger partial charge is 0.253 e. The van der Waals surface area contributed by atoms with E-state index in [1.54, 1.807) is 16.7 Å². The number of nitrogens with zero attached hydrogens (tertiary/aromatic N) is 2. The Morgan fingerprint density at radius 2 is 1.78 bits per heavy atom. The Balaban J connectivity index is 1.20. The predicted octanol–water partition coefficient (Wildman–Crippen LogP) is 5.11. The van der Waals surface area contributed by atoms with Gasteiger partial charge in [-0.1, -0.05) is 13.8 Å². The van der Waals surface area contributed by atoms with Gasteiger partial charge < -0.3 is 21.1 Å². The van der Waals surface area contributed by atoms with Crippen LogP contribution in [0.3, 0.4) is 0 Å². The van der Waals surface area contributed by atoms with Crippen LogP contribution < -0.4 is 16.4 Å². The first-order valence-corrected chi connectivity index (χ1v) is 16.3. The van der Waals surface area contributed by atoms with Crippen LogP contribution in [0, 0.1) is 23.0 Å². The van der Waals surface area contributed by atoms with Crippen molar-refractivity contribution in [2.75, 3.05) is 44.7 Å². The number of carbonyl (C=O) groups excluding carboxylic acids is 3. The van der Waals surface area contributed by atoms with Crippen molar-refractivity contribution < 1.29 is 27.9 Å². The minimum Gasteiger partial charge on any atom is -0.382 e. The van der Waals surface area contributed by atoms with Gasteiger partial charge in [-0.3, -0.25) is 23.9 Å². The summed E-state index contributed by atoms with van der Waals surface area (Å²) in [6.07, 6.45) is 4.40. The summed E-state index contributed by atoms with van der Waals surface area (Å²) in [6.45, 7) is 8.95. The fraction of sp³-hybridized carbons (Fsp3) is 0.514. The predicted molar refractivity (Wildman–Crippen MR) is 173 cm³/mol. The van der Waals surface area contributed by atoms with Crippen molar-refractivity contribution in [2.24, 2.45) is 17.1 Å². The number of fused-ring (bicyclic) bond motifs is 3. The summed E-state index contributed by atoms with van der Waals surface area (Å²) < 4.78 is 37.0. The highest BCUT2D eigenvalue weighted by Gasteiger charge is 2.36. The highest BCUT2D eigenvalue weighted by molar-refractivity contribution is 6.06. The summed E-state index contributed by atoms with van der Waals surface area (Å²) in [4.78, 5) is 40.9. The number of amides is 2. The van der Waals surface area contributed by atoms with Crippen LogP contribution in [0.15, 0.2) is 30.3 Å². The minimum atomic E-state index is -0.890. The Morgan fingerprint density at radius 3 is 2.50 bits per heavy atom. The molecule has 0 spiro atoms. The first kappa shape index (κ1) is 32.1. The van der Waals surface area contributed by atoms with Crippen molar-refractivity contribution in [2.45, 2.75) is 64.8 Å². The van der Waals surface area contributed by atoms with Crippen LogP contribution in [0.4, 0.5) is 14.5 Å². The maximum Gasteiger partial charge on any atom is 0.253 e. The van der Waals surface area contributed by atoms with Gasteiger partial charge in [0.2, 0.25) is 11.8 Å². The van der Waals surface area contributed by atoms with Gasteiger partial charge in [0.1, 0.15) is 11.6 Å². The van der Waals surface area contributed by atoms with Crippen molar-refractivity contribution in [1.82, 2.24) is 14.8 Å². The number of hydrogen-bond acceptors (Lipinski definition) is 6. The van der Waals surface area contributed by atoms with E-state index in [1.807, 2.05) is 13.8 Å². The maximum absolute atomic E-state index is 15.7. The second-order valence-corrected chi connectivity index (χ2v) is 13.8. The Hall–Kier alpha value is -3.83. The topological polar surface area (TPSA) is 119 Å². The molecule has 0 bridgehead atoms. The summed E-state index contributed by atoms with van der Waals surface area (Å²) in [6, 6.07) is 7.18. The second kappa shape index (κ2) is 13.1. The van der Waals surface area contributed by atoms with Crippen molar-refractivity contribution >= 4 is 34.3 Å². The summed E-state index contributed by atoms with van der Waals surface area (Å²) in [5.41, 5.74) is 7.61. The number of carbonyl (C=O) groups is 3. The van der Waals surface area contributed by atoms with E-state index in [1.165, 1.54) is 18.2 Å². The number of anilines is 1. The van der Waals surface area contributed by atoms with Crippen LogP contribution in [-0.4, -0.2) is 72.6 Å². The normalized spacial score (nSPS) is 21.6. The Labute approximate surface area is 267 Å². The van der Waals surface area contributed by atoms with Crippen LogP contribution in [0.25, 0.3) is 22.0 Å². The average molecular weight is 636 g/mol. The first-order valence-electron chi connectivity index (χ1n) is 16.3. The molecule has 2 fully saturated rings. The summed E-state index contributed by atoms with van der Waals surface area (Å²) >= 11 is 0. The third kappa shape index (κ3) is 6.66. The number of nitrogens with one attached hydrogen (secondary N) is 2. The molecular weight excluding hydrogens is 592 g/mol. The average Bonchev–Trinajstić information content (AvgIpc) is 3.32. The number of rotatable bonds is 9. The summed E-state index contributed by atoms with van der Waals surface area (Å²) in [7, 11) is 0.